The van der Waals surface area contributed by atoms with Gasteiger partial charge >= 0.3 is 6.18 Å². The number of carbonyl (C=O) groups excluding carboxylic acids is 2. The summed E-state index contributed by atoms with van der Waals surface area (Å²) in [5.41, 5.74) is 7.63. The largest absolute Gasteiger partial charge is 0.406 e. The normalized spacial score (nSPS) is 25.4. The van der Waals surface area contributed by atoms with Crippen LogP contribution in [0.5, 0.6) is 0 Å². The van der Waals surface area contributed by atoms with Gasteiger partial charge in [0.2, 0.25) is 5.91 Å². The highest BCUT2D eigenvalue weighted by atomic mass is 19.4. The van der Waals surface area contributed by atoms with Crippen molar-refractivity contribution in [1.82, 2.24) is 40.0 Å². The summed E-state index contributed by atoms with van der Waals surface area (Å²) >= 11 is 0. The number of piperidine rings is 2. The predicted molar refractivity (Wildman–Crippen MR) is 294 cm³/mol. The Hall–Kier alpha value is -4.14. The van der Waals surface area contributed by atoms with Crippen LogP contribution in [0.15, 0.2) is 48.8 Å². The summed E-state index contributed by atoms with van der Waals surface area (Å²) in [5, 5.41) is 6.65. The van der Waals surface area contributed by atoms with Gasteiger partial charge in [0.05, 0.1) is 62.2 Å². The highest BCUT2D eigenvalue weighted by Gasteiger charge is 2.58. The fourth-order valence-electron chi connectivity index (χ4n) is 14.0. The number of likely N-dealkylation sites (tertiary alicyclic amines) is 1. The number of halogens is 3. The zero-order valence-electron chi connectivity index (χ0n) is 46.9. The molecule has 7 atom stereocenters. The summed E-state index contributed by atoms with van der Waals surface area (Å²) in [6, 6.07) is 8.90. The first-order valence-corrected chi connectivity index (χ1v) is 28.8. The van der Waals surface area contributed by atoms with Crippen LogP contribution in [0.1, 0.15) is 116 Å². The second-order valence-electron chi connectivity index (χ2n) is 24.0. The number of pyridine rings is 1. The van der Waals surface area contributed by atoms with Gasteiger partial charge in [0.1, 0.15) is 12.8 Å². The summed E-state index contributed by atoms with van der Waals surface area (Å²) in [4.78, 5) is 42.0. The molecule has 1 spiro atoms. The van der Waals surface area contributed by atoms with Crippen molar-refractivity contribution in [3.05, 3.63) is 60.1 Å². The van der Waals surface area contributed by atoms with E-state index in [1.54, 1.807) is 26.5 Å². The molecule has 6 aliphatic heterocycles. The molecule has 18 heteroatoms. The van der Waals surface area contributed by atoms with Gasteiger partial charge in [-0.05, 0) is 137 Å². The number of aromatic nitrogens is 2. The second kappa shape index (κ2) is 25.1. The van der Waals surface area contributed by atoms with E-state index in [2.05, 4.69) is 67.2 Å². The third-order valence-electron chi connectivity index (χ3n) is 18.2. The van der Waals surface area contributed by atoms with Crippen LogP contribution in [-0.4, -0.2) is 177 Å². The highest BCUT2D eigenvalue weighted by Crippen LogP contribution is 2.50. The average Bonchev–Trinajstić information content (AvgIpc) is 3.98. The minimum Gasteiger partial charge on any atom is -0.383 e. The van der Waals surface area contributed by atoms with E-state index in [1.165, 1.54) is 4.57 Å². The van der Waals surface area contributed by atoms with Gasteiger partial charge in [0.25, 0.3) is 0 Å². The number of ether oxygens (including phenoxy) is 4. The molecule has 9 rings (SSSR count). The van der Waals surface area contributed by atoms with Crippen molar-refractivity contribution in [3.8, 4) is 11.3 Å². The number of fused-ring (bicyclic) bond motifs is 2. The van der Waals surface area contributed by atoms with E-state index in [1.807, 2.05) is 25.1 Å². The standard InChI is InChI=1S/C59H88F3N9O6/c1-41-44-33-58(38-68(35-44)46-36-77-37-46)21-14-25-70(58)54(41)56(73)65-52(42(2)71-26-11-9-23-64-71)51(67-24-10-8-12-30-76-40-67)19-27-66(28-31-74-6)45-17-18-50-48(32-45)49(34-57(4,5)20-15-29-72)55(69(50)39-59(60,61)62)47-16-13-22-63-53(47)43(3)75-7/h13,16-18,22,29,32,41,43-44,46,51-52,54,64H,2,8-12,14-15,19-21,23-28,30-31,33-40H2,1,3-7H3,(H,65,73)/t41?,43-,44?,51+,52+,54-,58+/m0/s1. The molecule has 15 nitrogen and oxygen atoms in total. The molecule has 0 radical (unpaired) electrons. The number of aldehydes is 1. The van der Waals surface area contributed by atoms with Crippen LogP contribution < -0.4 is 15.6 Å². The molecule has 2 N–H and O–H groups in total. The first kappa shape index (κ1) is 57.5. The Morgan fingerprint density at radius 3 is 2.61 bits per heavy atom. The first-order chi connectivity index (χ1) is 37.0. The van der Waals surface area contributed by atoms with E-state index in [-0.39, 0.29) is 29.4 Å². The van der Waals surface area contributed by atoms with Gasteiger partial charge in [-0.2, -0.15) is 13.2 Å². The maximum absolute atomic E-state index is 15.6. The zero-order chi connectivity index (χ0) is 54.5. The van der Waals surface area contributed by atoms with Crippen molar-refractivity contribution < 1.29 is 41.7 Å². The molecule has 3 aromatic rings. The molecule has 1 aromatic carbocycles. The third kappa shape index (κ3) is 12.9. The molecular formula is C59H88F3N9O6. The van der Waals surface area contributed by atoms with Gasteiger partial charge in [-0.25, -0.2) is 5.43 Å². The van der Waals surface area contributed by atoms with Gasteiger partial charge in [-0.1, -0.05) is 27.4 Å². The molecule has 8 heterocycles. The summed E-state index contributed by atoms with van der Waals surface area (Å²) in [6.07, 6.45) is 7.81. The number of methoxy groups -OCH3 is 2. The fraction of sp³-hybridized carbons (Fsp3) is 0.712. The van der Waals surface area contributed by atoms with Crippen LogP contribution >= 0.6 is 0 Å². The zero-order valence-corrected chi connectivity index (χ0v) is 46.9. The van der Waals surface area contributed by atoms with Crippen LogP contribution in [0, 0.1) is 17.3 Å². The number of carbonyl (C=O) groups is 2. The van der Waals surface area contributed by atoms with E-state index in [0.29, 0.717) is 98.5 Å². The first-order valence-electron chi connectivity index (χ1n) is 28.8. The Morgan fingerprint density at radius 2 is 1.88 bits per heavy atom. The van der Waals surface area contributed by atoms with Crippen molar-refractivity contribution in [2.45, 2.75) is 153 Å². The number of nitrogens with one attached hydrogen (secondary N) is 2. The number of amides is 1. The Bertz CT molecular complexity index is 2470. The molecule has 6 fully saturated rings. The van der Waals surface area contributed by atoms with Gasteiger partial charge < -0.3 is 43.5 Å². The van der Waals surface area contributed by atoms with Crippen molar-refractivity contribution in [3.63, 3.8) is 0 Å². The third-order valence-corrected chi connectivity index (χ3v) is 18.2. The van der Waals surface area contributed by atoms with Crippen LogP contribution in [0.3, 0.4) is 0 Å². The molecule has 77 heavy (non-hydrogen) atoms. The topological polar surface area (TPSA) is 129 Å². The summed E-state index contributed by atoms with van der Waals surface area (Å²) < 4.78 is 69.9. The lowest BCUT2D eigenvalue weighted by molar-refractivity contribution is -0.157. The van der Waals surface area contributed by atoms with Gasteiger partial charge in [0, 0.05) is 119 Å². The molecule has 1 amide bonds. The lowest BCUT2D eigenvalue weighted by Crippen LogP contribution is -2.72. The highest BCUT2D eigenvalue weighted by molar-refractivity contribution is 5.94. The maximum atomic E-state index is 15.6. The lowest BCUT2D eigenvalue weighted by Gasteiger charge is -2.60. The van der Waals surface area contributed by atoms with Crippen LogP contribution in [0.2, 0.25) is 0 Å². The molecular weight excluding hydrogens is 988 g/mol. The van der Waals surface area contributed by atoms with Gasteiger partial charge in [0.15, 0.2) is 0 Å². The summed E-state index contributed by atoms with van der Waals surface area (Å²) in [5.74, 6) is 0.612. The predicted octanol–water partition coefficient (Wildman–Crippen LogP) is 8.36. The van der Waals surface area contributed by atoms with Crippen LogP contribution in [-0.2, 0) is 41.5 Å². The molecule has 2 bridgehead atoms. The number of anilines is 1. The van der Waals surface area contributed by atoms with Crippen LogP contribution in [0.25, 0.3) is 22.2 Å². The Kier molecular flexibility index (Phi) is 18.8. The SMILES string of the molecule is C=C([C@@H](NC(=O)[C@@H]1C(C)C2CN(C3COC3)C[C@@]3(CCCN13)C2)[C@@H](CCN(CCOC)c1ccc2c(c1)c(CC(C)(C)CCC=O)c(-c1cccnc1[C@H](C)OC)n2CC(F)(F)F)N1CCCCCOC1)N1CCCCN1. The number of hydrogen-bond donors (Lipinski definition) is 2. The van der Waals surface area contributed by atoms with Gasteiger partial charge in [-0.15, -0.1) is 0 Å². The molecule has 6 aliphatic rings. The minimum absolute atomic E-state index is 0.0323. The van der Waals surface area contributed by atoms with Crippen LogP contribution in [0.4, 0.5) is 18.9 Å². The number of alkyl halides is 3. The smallest absolute Gasteiger partial charge is 0.383 e. The molecule has 426 valence electrons. The summed E-state index contributed by atoms with van der Waals surface area (Å²) in [6.45, 7) is 21.3. The van der Waals surface area contributed by atoms with Crippen molar-refractivity contribution in [2.75, 3.05) is 105 Å². The van der Waals surface area contributed by atoms with E-state index >= 15 is 4.79 Å². The summed E-state index contributed by atoms with van der Waals surface area (Å²) in [7, 11) is 3.26. The number of rotatable bonds is 23. The second-order valence-corrected chi connectivity index (χ2v) is 24.0. The van der Waals surface area contributed by atoms with Crippen molar-refractivity contribution in [1.29, 1.82) is 0 Å². The number of benzene rings is 1. The Balaban J connectivity index is 1.11. The lowest BCUT2D eigenvalue weighted by atomic mass is 9.68. The molecule has 0 saturated carbocycles. The van der Waals surface area contributed by atoms with E-state index < -0.39 is 30.3 Å². The Labute approximate surface area is 455 Å². The fourth-order valence-corrected chi connectivity index (χ4v) is 14.0. The quantitative estimate of drug-likeness (QED) is 0.0884. The molecule has 2 aromatic heterocycles. The van der Waals surface area contributed by atoms with E-state index in [9.17, 15) is 18.0 Å². The number of hydrogen-bond acceptors (Lipinski definition) is 13. The molecule has 6 saturated heterocycles. The van der Waals surface area contributed by atoms with Gasteiger partial charge in [-0.3, -0.25) is 24.5 Å². The molecule has 2 unspecified atom stereocenters. The monoisotopic (exact) mass is 1080 g/mol. The van der Waals surface area contributed by atoms with E-state index in [4.69, 9.17) is 25.5 Å². The van der Waals surface area contributed by atoms with Crippen molar-refractivity contribution >= 4 is 28.8 Å². The van der Waals surface area contributed by atoms with E-state index in [0.717, 1.165) is 127 Å². The molecule has 0 aliphatic carbocycles. The number of nitrogens with zero attached hydrogens (tertiary/aromatic N) is 7. The number of hydrazine groups is 1. The average molecular weight is 1080 g/mol. The maximum Gasteiger partial charge on any atom is 0.406 e. The minimum atomic E-state index is -4.54. The van der Waals surface area contributed by atoms with Crippen molar-refractivity contribution in [2.24, 2.45) is 17.3 Å². The Morgan fingerprint density at radius 1 is 1.06 bits per heavy atom.